The quantitative estimate of drug-likeness (QED) is 0.783. The highest BCUT2D eigenvalue weighted by Crippen LogP contribution is 2.38. The summed E-state index contributed by atoms with van der Waals surface area (Å²) in [5.41, 5.74) is -1.33. The van der Waals surface area contributed by atoms with Gasteiger partial charge < -0.3 is 5.32 Å². The molecule has 1 aromatic rings. The van der Waals surface area contributed by atoms with Gasteiger partial charge in [0.2, 0.25) is 15.9 Å². The predicted molar refractivity (Wildman–Crippen MR) is 92.3 cm³/mol. The Morgan fingerprint density at radius 1 is 1.35 bits per heavy atom. The van der Waals surface area contributed by atoms with Crippen LogP contribution in [0, 0.1) is 5.92 Å². The van der Waals surface area contributed by atoms with Crippen LogP contribution in [0.25, 0.3) is 0 Å². The molecular formula is C15H16ClF3N2O3S2. The number of nitrogens with one attached hydrogen (secondary N) is 1. The molecule has 0 aromatic heterocycles. The summed E-state index contributed by atoms with van der Waals surface area (Å²) in [6, 6.07) is 1.48. The van der Waals surface area contributed by atoms with E-state index in [1.165, 1.54) is 11.8 Å². The zero-order valence-electron chi connectivity index (χ0n) is 13.4. The molecule has 1 aromatic carbocycles. The molecule has 1 unspecified atom stereocenters. The fourth-order valence-corrected chi connectivity index (χ4v) is 6.15. The third kappa shape index (κ3) is 4.13. The van der Waals surface area contributed by atoms with Gasteiger partial charge in [0.05, 0.1) is 16.3 Å². The number of halogens is 4. The van der Waals surface area contributed by atoms with Crippen LogP contribution in [0.4, 0.5) is 13.2 Å². The first-order valence-electron chi connectivity index (χ1n) is 7.85. The van der Waals surface area contributed by atoms with E-state index in [2.05, 4.69) is 5.32 Å². The Balaban J connectivity index is 1.90. The topological polar surface area (TPSA) is 66.5 Å². The molecule has 2 aliphatic rings. The lowest BCUT2D eigenvalue weighted by atomic mass is 10.2. The summed E-state index contributed by atoms with van der Waals surface area (Å²) in [6.07, 6.45) is -2.85. The number of sulfonamides is 1. The highest BCUT2D eigenvalue weighted by Gasteiger charge is 2.44. The van der Waals surface area contributed by atoms with Gasteiger partial charge in [-0.05, 0) is 37.0 Å². The number of hydrogen-bond donors (Lipinski definition) is 1. The van der Waals surface area contributed by atoms with Gasteiger partial charge in [-0.3, -0.25) is 4.79 Å². The van der Waals surface area contributed by atoms with Crippen molar-refractivity contribution in [3.8, 4) is 0 Å². The van der Waals surface area contributed by atoms with E-state index < -0.39 is 38.6 Å². The summed E-state index contributed by atoms with van der Waals surface area (Å²) in [5.74, 6) is 0.0493. The average Bonchev–Trinajstić information content (AvgIpc) is 3.24. The first-order chi connectivity index (χ1) is 12.1. The SMILES string of the molecule is O=C(NCC1CC1)C1CSCN1S(=O)(=O)c1ccc(Cl)cc1C(F)(F)F. The molecule has 1 atom stereocenters. The molecule has 1 aliphatic heterocycles. The summed E-state index contributed by atoms with van der Waals surface area (Å²) in [4.78, 5) is 11.4. The van der Waals surface area contributed by atoms with Gasteiger partial charge in [-0.1, -0.05) is 11.6 Å². The van der Waals surface area contributed by atoms with Crippen LogP contribution in [0.5, 0.6) is 0 Å². The van der Waals surface area contributed by atoms with E-state index in [-0.39, 0.29) is 16.7 Å². The molecule has 1 heterocycles. The second-order valence-electron chi connectivity index (χ2n) is 6.23. The normalized spacial score (nSPS) is 21.8. The first-order valence-corrected chi connectivity index (χ1v) is 10.8. The molecule has 26 heavy (non-hydrogen) atoms. The largest absolute Gasteiger partial charge is 0.417 e. The Morgan fingerprint density at radius 3 is 2.65 bits per heavy atom. The highest BCUT2D eigenvalue weighted by molar-refractivity contribution is 8.00. The van der Waals surface area contributed by atoms with E-state index in [1.54, 1.807) is 0 Å². The van der Waals surface area contributed by atoms with Crippen LogP contribution in [-0.4, -0.2) is 42.8 Å². The lowest BCUT2D eigenvalue weighted by Crippen LogP contribution is -2.47. The van der Waals surface area contributed by atoms with Gasteiger partial charge in [0.25, 0.3) is 0 Å². The standard InChI is InChI=1S/C15H16ClF3N2O3S2/c16-10-3-4-13(11(5-10)15(17,18)19)26(23,24)21-8-25-7-12(21)14(22)20-6-9-1-2-9/h3-5,9,12H,1-2,6-8H2,(H,20,22). The van der Waals surface area contributed by atoms with Crippen molar-refractivity contribution in [3.63, 3.8) is 0 Å². The maximum atomic E-state index is 13.3. The molecule has 1 aliphatic carbocycles. The second-order valence-corrected chi connectivity index (χ2v) is 9.53. The van der Waals surface area contributed by atoms with Crippen LogP contribution in [-0.2, 0) is 21.0 Å². The Labute approximate surface area is 158 Å². The van der Waals surface area contributed by atoms with Crippen LogP contribution >= 0.6 is 23.4 Å². The number of carbonyl (C=O) groups excluding carboxylic acids is 1. The minimum absolute atomic E-state index is 0.0796. The van der Waals surface area contributed by atoms with Crippen molar-refractivity contribution >= 4 is 39.3 Å². The highest BCUT2D eigenvalue weighted by atomic mass is 35.5. The molecular weight excluding hydrogens is 413 g/mol. The van der Waals surface area contributed by atoms with Gasteiger partial charge in [0.1, 0.15) is 6.04 Å². The maximum Gasteiger partial charge on any atom is 0.417 e. The summed E-state index contributed by atoms with van der Waals surface area (Å²) < 4.78 is 66.4. The van der Waals surface area contributed by atoms with Crippen molar-refractivity contribution in [3.05, 3.63) is 28.8 Å². The molecule has 1 saturated carbocycles. The van der Waals surface area contributed by atoms with E-state index in [4.69, 9.17) is 11.6 Å². The monoisotopic (exact) mass is 428 g/mol. The second kappa shape index (κ2) is 7.21. The third-order valence-corrected chi connectivity index (χ3v) is 7.56. The van der Waals surface area contributed by atoms with Gasteiger partial charge in [-0.2, -0.15) is 17.5 Å². The molecule has 0 bridgehead atoms. The fraction of sp³-hybridized carbons (Fsp3) is 0.533. The Bertz CT molecular complexity index is 813. The summed E-state index contributed by atoms with van der Waals surface area (Å²) in [6.45, 7) is 0.461. The van der Waals surface area contributed by atoms with Crippen LogP contribution in [0.1, 0.15) is 18.4 Å². The number of nitrogens with zero attached hydrogens (tertiary/aromatic N) is 1. The van der Waals surface area contributed by atoms with E-state index in [9.17, 15) is 26.4 Å². The maximum absolute atomic E-state index is 13.3. The molecule has 1 amide bonds. The van der Waals surface area contributed by atoms with Crippen molar-refractivity contribution in [2.75, 3.05) is 18.2 Å². The number of hydrogen-bond acceptors (Lipinski definition) is 4. The van der Waals surface area contributed by atoms with Gasteiger partial charge in [0, 0.05) is 17.3 Å². The van der Waals surface area contributed by atoms with E-state index in [0.29, 0.717) is 18.5 Å². The van der Waals surface area contributed by atoms with Crippen molar-refractivity contribution in [2.24, 2.45) is 5.92 Å². The number of thioether (sulfide) groups is 1. The van der Waals surface area contributed by atoms with E-state index >= 15 is 0 Å². The smallest absolute Gasteiger partial charge is 0.354 e. The Kier molecular flexibility index (Phi) is 5.49. The van der Waals surface area contributed by atoms with Crippen LogP contribution in [0.2, 0.25) is 5.02 Å². The molecule has 2 fully saturated rings. The zero-order chi connectivity index (χ0) is 19.1. The van der Waals surface area contributed by atoms with Crippen LogP contribution in [0.3, 0.4) is 0 Å². The molecule has 5 nitrogen and oxygen atoms in total. The Hall–Kier alpha value is -0.970. The molecule has 1 N–H and O–H groups in total. The van der Waals surface area contributed by atoms with Crippen molar-refractivity contribution < 1.29 is 26.4 Å². The number of rotatable bonds is 5. The van der Waals surface area contributed by atoms with Gasteiger partial charge in [-0.15, -0.1) is 11.8 Å². The molecule has 0 radical (unpaired) electrons. The first kappa shape index (κ1) is 19.8. The summed E-state index contributed by atoms with van der Waals surface area (Å²) in [5, 5.41) is 2.48. The van der Waals surface area contributed by atoms with Gasteiger partial charge in [0.15, 0.2) is 0 Å². The fourth-order valence-electron chi connectivity index (χ4n) is 2.63. The minimum atomic E-state index is -4.89. The molecule has 1 saturated heterocycles. The van der Waals surface area contributed by atoms with Gasteiger partial charge >= 0.3 is 6.18 Å². The number of alkyl halides is 3. The average molecular weight is 429 g/mol. The molecule has 0 spiro atoms. The third-order valence-electron chi connectivity index (χ3n) is 4.24. The zero-order valence-corrected chi connectivity index (χ0v) is 15.8. The molecule has 144 valence electrons. The summed E-state index contributed by atoms with van der Waals surface area (Å²) in [7, 11) is -4.51. The lowest BCUT2D eigenvalue weighted by molar-refractivity contribution is -0.139. The Morgan fingerprint density at radius 2 is 2.04 bits per heavy atom. The van der Waals surface area contributed by atoms with Gasteiger partial charge in [-0.25, -0.2) is 8.42 Å². The number of amides is 1. The van der Waals surface area contributed by atoms with E-state index in [1.807, 2.05) is 0 Å². The predicted octanol–water partition coefficient (Wildman–Crippen LogP) is 2.95. The number of benzene rings is 1. The van der Waals surface area contributed by atoms with Crippen molar-refractivity contribution in [1.29, 1.82) is 0 Å². The lowest BCUT2D eigenvalue weighted by Gasteiger charge is -2.24. The molecule has 11 heteroatoms. The van der Waals surface area contributed by atoms with Crippen LogP contribution < -0.4 is 5.32 Å². The summed E-state index contributed by atoms with van der Waals surface area (Å²) >= 11 is 6.80. The minimum Gasteiger partial charge on any atom is -0.354 e. The van der Waals surface area contributed by atoms with Crippen LogP contribution in [0.15, 0.2) is 23.1 Å². The van der Waals surface area contributed by atoms with Crippen molar-refractivity contribution in [2.45, 2.75) is 30.0 Å². The number of carbonyl (C=O) groups is 1. The molecule has 3 rings (SSSR count). The van der Waals surface area contributed by atoms with E-state index in [0.717, 1.165) is 29.3 Å². The van der Waals surface area contributed by atoms with Crippen molar-refractivity contribution in [1.82, 2.24) is 9.62 Å².